The van der Waals surface area contributed by atoms with Gasteiger partial charge in [0.25, 0.3) is 5.89 Å². The summed E-state index contributed by atoms with van der Waals surface area (Å²) in [4.78, 5) is 23.1. The number of nitrogens with one attached hydrogen (secondary N) is 1. The van der Waals surface area contributed by atoms with Crippen molar-refractivity contribution < 1.29 is 9.32 Å². The van der Waals surface area contributed by atoms with Crippen LogP contribution in [0.1, 0.15) is 17.8 Å². The zero-order valence-electron chi connectivity index (χ0n) is 14.6. The lowest BCUT2D eigenvalue weighted by molar-refractivity contribution is -0.117. The van der Waals surface area contributed by atoms with E-state index in [-0.39, 0.29) is 11.9 Å². The summed E-state index contributed by atoms with van der Waals surface area (Å²) in [5, 5.41) is 7.03. The molecule has 1 atom stereocenters. The normalized spacial score (nSPS) is 16.9. The first kappa shape index (κ1) is 16.3. The van der Waals surface area contributed by atoms with Gasteiger partial charge in [-0.2, -0.15) is 4.98 Å². The van der Waals surface area contributed by atoms with Gasteiger partial charge in [-0.15, -0.1) is 0 Å². The van der Waals surface area contributed by atoms with Gasteiger partial charge >= 0.3 is 0 Å². The van der Waals surface area contributed by atoms with Crippen LogP contribution in [0.4, 0.5) is 11.5 Å². The minimum absolute atomic E-state index is 0.0506. The highest BCUT2D eigenvalue weighted by Gasteiger charge is 2.32. The SMILES string of the molecule is Cc1ccc(N2CCC(Nc3cc(-c4nc(C)no4)ccn3)C2=O)cc1. The second-order valence-electron chi connectivity index (χ2n) is 6.39. The van der Waals surface area contributed by atoms with Gasteiger partial charge in [-0.1, -0.05) is 22.9 Å². The molecule has 3 aromatic rings. The predicted octanol–water partition coefficient (Wildman–Crippen LogP) is 2.97. The second-order valence-corrected chi connectivity index (χ2v) is 6.39. The summed E-state index contributed by atoms with van der Waals surface area (Å²) in [5.41, 5.74) is 2.87. The monoisotopic (exact) mass is 349 g/mol. The lowest BCUT2D eigenvalue weighted by atomic mass is 10.2. The van der Waals surface area contributed by atoms with Gasteiger partial charge in [-0.3, -0.25) is 4.79 Å². The van der Waals surface area contributed by atoms with Crippen molar-refractivity contribution in [1.29, 1.82) is 0 Å². The molecule has 0 aliphatic carbocycles. The van der Waals surface area contributed by atoms with Crippen LogP contribution in [0.5, 0.6) is 0 Å². The van der Waals surface area contributed by atoms with E-state index in [1.165, 1.54) is 5.56 Å². The number of carbonyl (C=O) groups is 1. The third-order valence-electron chi connectivity index (χ3n) is 4.41. The second kappa shape index (κ2) is 6.59. The molecule has 7 nitrogen and oxygen atoms in total. The summed E-state index contributed by atoms with van der Waals surface area (Å²) in [6, 6.07) is 11.3. The molecule has 26 heavy (non-hydrogen) atoms. The molecular weight excluding hydrogens is 330 g/mol. The fourth-order valence-corrected chi connectivity index (χ4v) is 3.03. The van der Waals surface area contributed by atoms with E-state index < -0.39 is 0 Å². The number of anilines is 2. The van der Waals surface area contributed by atoms with Crippen LogP contribution in [0, 0.1) is 13.8 Å². The molecule has 0 bridgehead atoms. The molecule has 3 heterocycles. The van der Waals surface area contributed by atoms with Crippen LogP contribution < -0.4 is 10.2 Å². The molecular formula is C19H19N5O2. The summed E-state index contributed by atoms with van der Waals surface area (Å²) in [7, 11) is 0. The van der Waals surface area contributed by atoms with Crippen LogP contribution >= 0.6 is 0 Å². The molecule has 1 saturated heterocycles. The highest BCUT2D eigenvalue weighted by atomic mass is 16.5. The highest BCUT2D eigenvalue weighted by molar-refractivity contribution is 6.00. The molecule has 1 aromatic carbocycles. The fraction of sp³-hybridized carbons (Fsp3) is 0.263. The van der Waals surface area contributed by atoms with Crippen molar-refractivity contribution in [2.45, 2.75) is 26.3 Å². The summed E-state index contributed by atoms with van der Waals surface area (Å²) in [5.74, 6) is 1.68. The average Bonchev–Trinajstić information content (AvgIpc) is 3.23. The van der Waals surface area contributed by atoms with Crippen molar-refractivity contribution in [3.05, 3.63) is 54.0 Å². The lowest BCUT2D eigenvalue weighted by Gasteiger charge is -2.17. The average molecular weight is 349 g/mol. The van der Waals surface area contributed by atoms with E-state index in [4.69, 9.17) is 4.52 Å². The van der Waals surface area contributed by atoms with E-state index in [1.807, 2.05) is 42.2 Å². The number of aryl methyl sites for hydroxylation is 2. The van der Waals surface area contributed by atoms with Crippen LogP contribution in [0.2, 0.25) is 0 Å². The van der Waals surface area contributed by atoms with Crippen LogP contribution in [-0.2, 0) is 4.79 Å². The summed E-state index contributed by atoms with van der Waals surface area (Å²) >= 11 is 0. The molecule has 1 aliphatic heterocycles. The quantitative estimate of drug-likeness (QED) is 0.779. The number of hydrogen-bond acceptors (Lipinski definition) is 6. The van der Waals surface area contributed by atoms with Gasteiger partial charge in [-0.05, 0) is 44.5 Å². The van der Waals surface area contributed by atoms with Gasteiger partial charge in [0.1, 0.15) is 11.9 Å². The molecule has 0 radical (unpaired) electrons. The number of rotatable bonds is 4. The van der Waals surface area contributed by atoms with E-state index in [2.05, 4.69) is 20.4 Å². The molecule has 1 fully saturated rings. The van der Waals surface area contributed by atoms with Crippen molar-refractivity contribution in [2.24, 2.45) is 0 Å². The minimum Gasteiger partial charge on any atom is -0.358 e. The Balaban J connectivity index is 1.49. The van der Waals surface area contributed by atoms with Gasteiger partial charge in [0, 0.05) is 24.0 Å². The number of pyridine rings is 1. The molecule has 1 amide bonds. The first-order chi connectivity index (χ1) is 12.6. The number of aromatic nitrogens is 3. The molecule has 2 aromatic heterocycles. The molecule has 132 valence electrons. The Kier molecular flexibility index (Phi) is 4.12. The minimum atomic E-state index is -0.302. The predicted molar refractivity (Wildman–Crippen MR) is 97.8 cm³/mol. The van der Waals surface area contributed by atoms with Gasteiger partial charge < -0.3 is 14.7 Å². The molecule has 4 rings (SSSR count). The molecule has 7 heteroatoms. The Hall–Kier alpha value is -3.22. The van der Waals surface area contributed by atoms with E-state index in [0.29, 0.717) is 24.1 Å². The van der Waals surface area contributed by atoms with Gasteiger partial charge in [-0.25, -0.2) is 4.98 Å². The maximum Gasteiger partial charge on any atom is 0.258 e. The summed E-state index contributed by atoms with van der Waals surface area (Å²) < 4.78 is 5.19. The van der Waals surface area contributed by atoms with E-state index >= 15 is 0 Å². The third-order valence-corrected chi connectivity index (χ3v) is 4.41. The highest BCUT2D eigenvalue weighted by Crippen LogP contribution is 2.25. The van der Waals surface area contributed by atoms with E-state index in [1.54, 1.807) is 19.2 Å². The number of hydrogen-bond donors (Lipinski definition) is 1. The topological polar surface area (TPSA) is 84.2 Å². The Morgan fingerprint density at radius 1 is 1.19 bits per heavy atom. The number of benzene rings is 1. The molecule has 1 unspecified atom stereocenters. The third kappa shape index (κ3) is 3.15. The Labute approximate surface area is 151 Å². The van der Waals surface area contributed by atoms with Crippen molar-refractivity contribution in [3.63, 3.8) is 0 Å². The van der Waals surface area contributed by atoms with E-state index in [0.717, 1.165) is 17.7 Å². The Morgan fingerprint density at radius 3 is 2.73 bits per heavy atom. The van der Waals surface area contributed by atoms with Gasteiger partial charge in [0.05, 0.1) is 0 Å². The summed E-state index contributed by atoms with van der Waals surface area (Å²) in [6.07, 6.45) is 2.38. The molecule has 0 spiro atoms. The molecule has 0 saturated carbocycles. The number of carbonyl (C=O) groups excluding carboxylic acids is 1. The maximum absolute atomic E-state index is 12.7. The fourth-order valence-electron chi connectivity index (χ4n) is 3.03. The maximum atomic E-state index is 12.7. The zero-order chi connectivity index (χ0) is 18.1. The van der Waals surface area contributed by atoms with Crippen LogP contribution in [-0.4, -0.2) is 33.6 Å². The van der Waals surface area contributed by atoms with Crippen LogP contribution in [0.25, 0.3) is 11.5 Å². The van der Waals surface area contributed by atoms with Crippen LogP contribution in [0.3, 0.4) is 0 Å². The van der Waals surface area contributed by atoms with Crippen molar-refractivity contribution in [2.75, 3.05) is 16.8 Å². The lowest BCUT2D eigenvalue weighted by Crippen LogP contribution is -2.33. The number of amides is 1. The number of nitrogens with zero attached hydrogens (tertiary/aromatic N) is 4. The Bertz CT molecular complexity index is 935. The van der Waals surface area contributed by atoms with Gasteiger partial charge in [0.15, 0.2) is 5.82 Å². The molecule has 1 N–H and O–H groups in total. The van der Waals surface area contributed by atoms with Crippen molar-refractivity contribution in [1.82, 2.24) is 15.1 Å². The smallest absolute Gasteiger partial charge is 0.258 e. The first-order valence-corrected chi connectivity index (χ1v) is 8.51. The largest absolute Gasteiger partial charge is 0.358 e. The molecule has 1 aliphatic rings. The van der Waals surface area contributed by atoms with Crippen LogP contribution in [0.15, 0.2) is 47.1 Å². The van der Waals surface area contributed by atoms with Gasteiger partial charge in [0.2, 0.25) is 5.91 Å². The van der Waals surface area contributed by atoms with Crippen molar-refractivity contribution in [3.8, 4) is 11.5 Å². The van der Waals surface area contributed by atoms with E-state index in [9.17, 15) is 4.79 Å². The standard InChI is InChI=1S/C19H19N5O2/c1-12-3-5-15(6-4-12)24-10-8-16(19(24)25)22-17-11-14(7-9-20-17)18-21-13(2)23-26-18/h3-7,9,11,16H,8,10H2,1-2H3,(H,20,22). The Morgan fingerprint density at radius 2 is 2.00 bits per heavy atom. The first-order valence-electron chi connectivity index (χ1n) is 8.51. The van der Waals surface area contributed by atoms with Crippen molar-refractivity contribution >= 4 is 17.4 Å². The zero-order valence-corrected chi connectivity index (χ0v) is 14.6. The summed E-state index contributed by atoms with van der Waals surface area (Å²) in [6.45, 7) is 4.48.